The molecular formula is C18H18BrN4O9P. The third kappa shape index (κ3) is 6.43. The normalized spacial score (nSPS) is 12.5. The van der Waals surface area contributed by atoms with E-state index in [1.807, 2.05) is 0 Å². The standard InChI is InChI=1S/C18H17N4O9P.BrH/c1-30-18(25)11-4-2-10(3-5-11)9-32(28,29)31-19-8-12-6-13(22(26)27)7-14-15(12)21-17(24)16(23)20-14;/h2-7,19H,8-9H2,1H3,(H,20,23)(H,21,24)(H,28,29);1H. The number of nitro benzene ring substituents is 1. The molecule has 1 heterocycles. The summed E-state index contributed by atoms with van der Waals surface area (Å²) in [6.45, 7) is -0.300. The quantitative estimate of drug-likeness (QED) is 0.107. The highest BCUT2D eigenvalue weighted by atomic mass is 79.9. The van der Waals surface area contributed by atoms with Crippen molar-refractivity contribution in [2.75, 3.05) is 7.11 Å². The fraction of sp³-hybridized carbons (Fsp3) is 0.167. The van der Waals surface area contributed by atoms with Crippen molar-refractivity contribution >= 4 is 47.3 Å². The summed E-state index contributed by atoms with van der Waals surface area (Å²) in [5, 5.41) is 11.1. The Hall–Kier alpha value is -3.16. The van der Waals surface area contributed by atoms with Gasteiger partial charge in [0.1, 0.15) is 0 Å². The second-order valence-electron chi connectivity index (χ2n) is 6.59. The number of ether oxygens (including phenoxy) is 1. The minimum absolute atomic E-state index is 0. The van der Waals surface area contributed by atoms with Gasteiger partial charge in [-0.1, -0.05) is 12.1 Å². The lowest BCUT2D eigenvalue weighted by molar-refractivity contribution is -0.384. The smallest absolute Gasteiger partial charge is 0.348 e. The van der Waals surface area contributed by atoms with E-state index < -0.39 is 29.6 Å². The average Bonchev–Trinajstić information content (AvgIpc) is 2.74. The van der Waals surface area contributed by atoms with Crippen LogP contribution in [0.1, 0.15) is 21.5 Å². The first-order valence-electron chi connectivity index (χ1n) is 8.94. The van der Waals surface area contributed by atoms with Gasteiger partial charge in [-0.2, -0.15) is 5.48 Å². The zero-order valence-electron chi connectivity index (χ0n) is 16.9. The van der Waals surface area contributed by atoms with Gasteiger partial charge >= 0.3 is 24.7 Å². The molecule has 3 rings (SSSR count). The van der Waals surface area contributed by atoms with E-state index in [2.05, 4.69) is 20.2 Å². The maximum absolute atomic E-state index is 12.4. The van der Waals surface area contributed by atoms with Gasteiger partial charge in [-0.05, 0) is 17.7 Å². The minimum Gasteiger partial charge on any atom is -0.465 e. The van der Waals surface area contributed by atoms with Crippen LogP contribution in [0.2, 0.25) is 0 Å². The maximum atomic E-state index is 12.4. The van der Waals surface area contributed by atoms with Crippen LogP contribution in [0.15, 0.2) is 46.0 Å². The number of halogens is 1. The summed E-state index contributed by atoms with van der Waals surface area (Å²) in [6.07, 6.45) is -0.388. The number of H-pyrrole nitrogens is 2. The summed E-state index contributed by atoms with van der Waals surface area (Å²) in [5.41, 5.74) is 0.899. The molecule has 0 fully saturated rings. The van der Waals surface area contributed by atoms with E-state index in [4.69, 9.17) is 4.62 Å². The predicted octanol–water partition coefficient (Wildman–Crippen LogP) is 1.90. The second kappa shape index (κ2) is 10.6. The molecule has 2 aromatic carbocycles. The van der Waals surface area contributed by atoms with Crippen molar-refractivity contribution in [3.05, 3.63) is 83.9 Å². The van der Waals surface area contributed by atoms with Gasteiger partial charge in [0.2, 0.25) is 0 Å². The molecule has 1 atom stereocenters. The third-order valence-corrected chi connectivity index (χ3v) is 5.51. The molecule has 0 aliphatic rings. The van der Waals surface area contributed by atoms with Gasteiger partial charge in [0, 0.05) is 24.2 Å². The Morgan fingerprint density at radius 2 is 1.82 bits per heavy atom. The largest absolute Gasteiger partial charge is 0.465 e. The van der Waals surface area contributed by atoms with Crippen molar-refractivity contribution in [1.82, 2.24) is 15.4 Å². The monoisotopic (exact) mass is 544 g/mol. The van der Waals surface area contributed by atoms with Crippen LogP contribution in [0.4, 0.5) is 5.69 Å². The lowest BCUT2D eigenvalue weighted by Gasteiger charge is -2.13. The zero-order chi connectivity index (χ0) is 23.5. The molecule has 0 aliphatic heterocycles. The van der Waals surface area contributed by atoms with Gasteiger partial charge < -0.3 is 19.6 Å². The molecule has 0 amide bonds. The van der Waals surface area contributed by atoms with Crippen molar-refractivity contribution < 1.29 is 28.5 Å². The molecule has 0 bridgehead atoms. The first kappa shape index (κ1) is 26.1. The van der Waals surface area contributed by atoms with Crippen LogP contribution in [-0.2, 0) is 26.6 Å². The van der Waals surface area contributed by atoms with E-state index in [9.17, 15) is 34.0 Å². The summed E-state index contributed by atoms with van der Waals surface area (Å²) < 4.78 is 21.8. The van der Waals surface area contributed by atoms with Crippen molar-refractivity contribution in [3.63, 3.8) is 0 Å². The Labute approximate surface area is 195 Å². The van der Waals surface area contributed by atoms with E-state index in [0.29, 0.717) is 5.56 Å². The van der Waals surface area contributed by atoms with Gasteiger partial charge in [-0.15, -0.1) is 17.0 Å². The van der Waals surface area contributed by atoms with Crippen molar-refractivity contribution in [2.24, 2.45) is 0 Å². The number of esters is 1. The Morgan fingerprint density at radius 1 is 1.18 bits per heavy atom. The van der Waals surface area contributed by atoms with Gasteiger partial charge in [-0.3, -0.25) is 24.3 Å². The van der Waals surface area contributed by atoms with E-state index in [-0.39, 0.29) is 57.5 Å². The first-order chi connectivity index (χ1) is 15.1. The van der Waals surface area contributed by atoms with Gasteiger partial charge in [0.25, 0.3) is 5.69 Å². The summed E-state index contributed by atoms with van der Waals surface area (Å²) in [4.78, 5) is 59.7. The minimum atomic E-state index is -4.20. The first-order valence-corrected chi connectivity index (χ1v) is 10.7. The van der Waals surface area contributed by atoms with Crippen molar-refractivity contribution in [1.29, 1.82) is 0 Å². The molecule has 0 saturated carbocycles. The van der Waals surface area contributed by atoms with Crippen molar-refractivity contribution in [3.8, 4) is 0 Å². The number of carbonyl (C=O) groups is 1. The number of hydrogen-bond acceptors (Lipinski definition) is 9. The number of rotatable bonds is 8. The lowest BCUT2D eigenvalue weighted by atomic mass is 10.1. The third-order valence-electron chi connectivity index (χ3n) is 4.34. The average molecular weight is 545 g/mol. The Kier molecular flexibility index (Phi) is 8.41. The van der Waals surface area contributed by atoms with E-state index >= 15 is 0 Å². The van der Waals surface area contributed by atoms with E-state index in [1.54, 1.807) is 0 Å². The van der Waals surface area contributed by atoms with Crippen LogP contribution in [0.3, 0.4) is 0 Å². The maximum Gasteiger partial charge on any atom is 0.348 e. The molecule has 1 unspecified atom stereocenters. The number of aromatic nitrogens is 2. The second-order valence-corrected chi connectivity index (χ2v) is 8.36. The number of nitrogens with one attached hydrogen (secondary N) is 3. The molecule has 1 aromatic heterocycles. The predicted molar refractivity (Wildman–Crippen MR) is 121 cm³/mol. The number of carbonyl (C=O) groups excluding carboxylic acids is 1. The van der Waals surface area contributed by atoms with E-state index in [1.165, 1.54) is 31.4 Å². The number of benzene rings is 2. The molecule has 176 valence electrons. The Morgan fingerprint density at radius 3 is 2.42 bits per heavy atom. The summed E-state index contributed by atoms with van der Waals surface area (Å²) in [7, 11) is -2.97. The molecule has 33 heavy (non-hydrogen) atoms. The van der Waals surface area contributed by atoms with Gasteiger partial charge in [-0.25, -0.2) is 9.42 Å². The molecule has 4 N–H and O–H groups in total. The van der Waals surface area contributed by atoms with Gasteiger partial charge in [0.15, 0.2) is 0 Å². The SMILES string of the molecule is Br.COC(=O)c1ccc(CP(=O)(O)ONCc2cc([N+](=O)[O-])cc3[nH]c(=O)c(=O)[nH]c23)cc1. The number of non-ortho nitro benzene ring substituents is 1. The Balaban J connectivity index is 0.00000385. The molecule has 0 aliphatic carbocycles. The van der Waals surface area contributed by atoms with Gasteiger partial charge in [0.05, 0.1) is 34.8 Å². The Bertz CT molecular complexity index is 1350. The molecular weight excluding hydrogens is 527 g/mol. The molecule has 0 saturated heterocycles. The highest BCUT2D eigenvalue weighted by molar-refractivity contribution is 8.93. The number of nitrogens with zero attached hydrogens (tertiary/aromatic N) is 1. The summed E-state index contributed by atoms with van der Waals surface area (Å²) in [5.74, 6) is -0.551. The lowest BCUT2D eigenvalue weighted by Crippen LogP contribution is -2.29. The van der Waals surface area contributed by atoms with Crippen LogP contribution in [0.5, 0.6) is 0 Å². The van der Waals surface area contributed by atoms with Crippen LogP contribution in [0, 0.1) is 10.1 Å². The fourth-order valence-corrected chi connectivity index (χ4v) is 3.87. The highest BCUT2D eigenvalue weighted by Gasteiger charge is 2.22. The molecule has 15 heteroatoms. The summed E-state index contributed by atoms with van der Waals surface area (Å²) >= 11 is 0. The van der Waals surface area contributed by atoms with Crippen LogP contribution in [-0.4, -0.2) is 32.9 Å². The number of nitro groups is 1. The zero-order valence-corrected chi connectivity index (χ0v) is 19.5. The molecule has 13 nitrogen and oxygen atoms in total. The number of hydroxylamine groups is 1. The van der Waals surface area contributed by atoms with E-state index in [0.717, 1.165) is 12.1 Å². The van der Waals surface area contributed by atoms with Crippen molar-refractivity contribution in [2.45, 2.75) is 12.7 Å². The molecule has 3 aromatic rings. The summed E-state index contributed by atoms with van der Waals surface area (Å²) in [6, 6.07) is 8.00. The molecule has 0 spiro atoms. The fourth-order valence-electron chi connectivity index (χ4n) is 2.86. The number of fused-ring (bicyclic) bond motifs is 1. The highest BCUT2D eigenvalue weighted by Crippen LogP contribution is 2.44. The van der Waals surface area contributed by atoms with Crippen LogP contribution < -0.4 is 16.6 Å². The molecule has 0 radical (unpaired) electrons. The number of hydrogen-bond donors (Lipinski definition) is 4. The van der Waals surface area contributed by atoms with Crippen LogP contribution >= 0.6 is 24.6 Å². The number of methoxy groups -OCH3 is 1. The topological polar surface area (TPSA) is 194 Å². The van der Waals surface area contributed by atoms with Crippen LogP contribution in [0.25, 0.3) is 11.0 Å². The number of aromatic amines is 2.